The van der Waals surface area contributed by atoms with Gasteiger partial charge in [-0.1, -0.05) is 0 Å². The Morgan fingerprint density at radius 2 is 1.55 bits per heavy atom. The van der Waals surface area contributed by atoms with E-state index in [2.05, 4.69) is 10.6 Å². The highest BCUT2D eigenvalue weighted by Gasteiger charge is 2.46. The van der Waals surface area contributed by atoms with Crippen LogP contribution in [0.4, 0.5) is 4.79 Å². The number of nitrogens with one attached hydrogen (secondary N) is 2. The summed E-state index contributed by atoms with van der Waals surface area (Å²) in [6.07, 6.45) is 1.68. The van der Waals surface area contributed by atoms with Crippen LogP contribution in [-0.2, 0) is 19.1 Å². The maximum Gasteiger partial charge on any atom is 0.408 e. The number of amides is 2. The van der Waals surface area contributed by atoms with Gasteiger partial charge >= 0.3 is 12.1 Å². The molecule has 1 atom stereocenters. The average molecular weight is 412 g/mol. The van der Waals surface area contributed by atoms with Gasteiger partial charge in [0.25, 0.3) is 0 Å². The molecule has 0 bridgehead atoms. The maximum atomic E-state index is 13.0. The zero-order valence-corrected chi connectivity index (χ0v) is 18.7. The van der Waals surface area contributed by atoms with Gasteiger partial charge in [-0.2, -0.15) is 0 Å². The number of piperidine rings is 1. The fourth-order valence-electron chi connectivity index (χ4n) is 3.77. The van der Waals surface area contributed by atoms with Gasteiger partial charge in [-0.15, -0.1) is 0 Å². The molecule has 2 amide bonds. The Bertz CT molecular complexity index is 607. The summed E-state index contributed by atoms with van der Waals surface area (Å²) in [5, 5.41) is 6.01. The number of likely N-dealkylation sites (tertiary alicyclic amines) is 1. The number of rotatable bonds is 5. The van der Waals surface area contributed by atoms with Gasteiger partial charge in [-0.3, -0.25) is 9.59 Å². The van der Waals surface area contributed by atoms with Crippen LogP contribution < -0.4 is 10.6 Å². The van der Waals surface area contributed by atoms with Gasteiger partial charge in [0.05, 0.1) is 0 Å². The van der Waals surface area contributed by atoms with E-state index in [1.54, 1.807) is 46.4 Å². The number of carbonyl (C=O) groups excluding carboxylic acids is 3. The summed E-state index contributed by atoms with van der Waals surface area (Å²) in [4.78, 5) is 39.2. The van der Waals surface area contributed by atoms with E-state index in [0.29, 0.717) is 13.1 Å². The smallest absolute Gasteiger partial charge is 0.408 e. The molecule has 2 aliphatic heterocycles. The normalized spacial score (nSPS) is 19.9. The zero-order valence-electron chi connectivity index (χ0n) is 18.7. The third kappa shape index (κ3) is 7.49. The van der Waals surface area contributed by atoms with Crippen LogP contribution in [0.5, 0.6) is 0 Å². The van der Waals surface area contributed by atoms with E-state index in [0.717, 1.165) is 25.9 Å². The van der Waals surface area contributed by atoms with Crippen LogP contribution in [0, 0.1) is 5.41 Å². The van der Waals surface area contributed by atoms with Crippen LogP contribution >= 0.6 is 0 Å². The van der Waals surface area contributed by atoms with E-state index < -0.39 is 23.3 Å². The van der Waals surface area contributed by atoms with Crippen molar-refractivity contribution in [2.24, 2.45) is 5.41 Å². The number of ether oxygens (including phenoxy) is 2. The Kier molecular flexibility index (Phi) is 7.19. The highest BCUT2D eigenvalue weighted by molar-refractivity contribution is 5.87. The minimum atomic E-state index is -0.809. The molecule has 1 spiro atoms. The quantitative estimate of drug-likeness (QED) is 0.674. The summed E-state index contributed by atoms with van der Waals surface area (Å²) in [5.74, 6) is -0.553. The van der Waals surface area contributed by atoms with Crippen LogP contribution in [0.25, 0.3) is 0 Å². The van der Waals surface area contributed by atoms with Crippen molar-refractivity contribution in [2.45, 2.75) is 84.5 Å². The summed E-state index contributed by atoms with van der Waals surface area (Å²) in [6, 6.07) is -0.809. The monoisotopic (exact) mass is 411 g/mol. The molecule has 0 aromatic heterocycles. The second-order valence-corrected chi connectivity index (χ2v) is 10.3. The molecule has 0 aromatic rings. The van der Waals surface area contributed by atoms with Gasteiger partial charge < -0.3 is 25.0 Å². The van der Waals surface area contributed by atoms with Crippen LogP contribution in [0.15, 0.2) is 0 Å². The zero-order chi connectivity index (χ0) is 21.9. The largest absolute Gasteiger partial charge is 0.460 e. The average Bonchev–Trinajstić information content (AvgIpc) is 2.53. The van der Waals surface area contributed by atoms with Gasteiger partial charge in [0.15, 0.2) is 0 Å². The van der Waals surface area contributed by atoms with Crippen LogP contribution in [0.1, 0.15) is 67.2 Å². The minimum Gasteiger partial charge on any atom is -0.460 e. The summed E-state index contributed by atoms with van der Waals surface area (Å²) >= 11 is 0. The van der Waals surface area contributed by atoms with Gasteiger partial charge in [-0.25, -0.2) is 4.79 Å². The highest BCUT2D eigenvalue weighted by atomic mass is 16.6. The molecule has 2 fully saturated rings. The van der Waals surface area contributed by atoms with E-state index in [9.17, 15) is 14.4 Å². The van der Waals surface area contributed by atoms with E-state index in [1.807, 2.05) is 0 Å². The fraction of sp³-hybridized carbons (Fsp3) is 0.857. The van der Waals surface area contributed by atoms with Crippen LogP contribution in [0.2, 0.25) is 0 Å². The molecule has 29 heavy (non-hydrogen) atoms. The molecule has 2 heterocycles. The molecule has 0 aliphatic carbocycles. The molecule has 2 aliphatic rings. The molecule has 0 aromatic carbocycles. The van der Waals surface area contributed by atoms with Crippen LogP contribution in [0.3, 0.4) is 0 Å². The van der Waals surface area contributed by atoms with E-state index in [4.69, 9.17) is 9.47 Å². The van der Waals surface area contributed by atoms with Crippen molar-refractivity contribution in [1.82, 2.24) is 15.5 Å². The van der Waals surface area contributed by atoms with Crippen molar-refractivity contribution in [3.05, 3.63) is 0 Å². The molecular weight excluding hydrogens is 374 g/mol. The number of alkyl carbamates (subject to hydrolysis) is 1. The molecule has 166 valence electrons. The second kappa shape index (κ2) is 8.90. The Labute approximate surface area is 174 Å². The van der Waals surface area contributed by atoms with Gasteiger partial charge in [-0.05, 0) is 73.9 Å². The third-order valence-electron chi connectivity index (χ3n) is 5.07. The standard InChI is InChI=1S/C21H37N3O5/c1-19(2,3)28-16(25)8-7-15(23-18(27)29-20(4,5)6)17(26)24-13-21(14-24)9-11-22-12-10-21/h15,22H,7-14H2,1-6H3,(H,23,27)/t15-/m1/s1. The summed E-state index contributed by atoms with van der Waals surface area (Å²) in [7, 11) is 0. The van der Waals surface area contributed by atoms with Crippen molar-refractivity contribution in [3.8, 4) is 0 Å². The molecule has 0 radical (unpaired) electrons. The molecule has 8 heteroatoms. The van der Waals surface area contributed by atoms with Gasteiger partial charge in [0.1, 0.15) is 17.2 Å². The lowest BCUT2D eigenvalue weighted by atomic mass is 9.72. The number of esters is 1. The molecule has 2 rings (SSSR count). The lowest BCUT2D eigenvalue weighted by molar-refractivity contribution is -0.155. The van der Waals surface area contributed by atoms with Crippen molar-refractivity contribution in [2.75, 3.05) is 26.2 Å². The van der Waals surface area contributed by atoms with Crippen LogP contribution in [-0.4, -0.2) is 66.3 Å². The second-order valence-electron chi connectivity index (χ2n) is 10.3. The first-order valence-corrected chi connectivity index (χ1v) is 10.5. The SMILES string of the molecule is CC(C)(C)OC(=O)CC[C@@H](NC(=O)OC(C)(C)C)C(=O)N1CC2(CCNCC2)C1. The molecule has 2 saturated heterocycles. The molecule has 0 unspecified atom stereocenters. The van der Waals surface area contributed by atoms with E-state index >= 15 is 0 Å². The Hall–Kier alpha value is -1.83. The molecule has 8 nitrogen and oxygen atoms in total. The number of hydrogen-bond acceptors (Lipinski definition) is 6. The number of nitrogens with zero attached hydrogens (tertiary/aromatic N) is 1. The van der Waals surface area contributed by atoms with E-state index in [-0.39, 0.29) is 30.1 Å². The highest BCUT2D eigenvalue weighted by Crippen LogP contribution is 2.39. The Balaban J connectivity index is 1.96. The molecule has 2 N–H and O–H groups in total. The summed E-state index contributed by atoms with van der Waals surface area (Å²) < 4.78 is 10.6. The van der Waals surface area contributed by atoms with Gasteiger partial charge in [0, 0.05) is 24.9 Å². The number of hydrogen-bond donors (Lipinski definition) is 2. The first-order chi connectivity index (χ1) is 13.3. The first kappa shape index (κ1) is 23.4. The fourth-order valence-corrected chi connectivity index (χ4v) is 3.77. The van der Waals surface area contributed by atoms with E-state index in [1.165, 1.54) is 0 Å². The lowest BCUT2D eigenvalue weighted by Gasteiger charge is -2.53. The topological polar surface area (TPSA) is 97.0 Å². The number of carbonyl (C=O) groups is 3. The minimum absolute atomic E-state index is 0.0480. The Morgan fingerprint density at radius 1 is 1.00 bits per heavy atom. The molecular formula is C21H37N3O5. The maximum absolute atomic E-state index is 13.0. The lowest BCUT2D eigenvalue weighted by Crippen LogP contribution is -2.64. The molecule has 0 saturated carbocycles. The van der Waals surface area contributed by atoms with Crippen molar-refractivity contribution >= 4 is 18.0 Å². The summed E-state index contributed by atoms with van der Waals surface area (Å²) in [5.41, 5.74) is -1.06. The Morgan fingerprint density at radius 3 is 2.07 bits per heavy atom. The van der Waals surface area contributed by atoms with Crippen molar-refractivity contribution in [3.63, 3.8) is 0 Å². The third-order valence-corrected chi connectivity index (χ3v) is 5.07. The van der Waals surface area contributed by atoms with Gasteiger partial charge in [0.2, 0.25) is 5.91 Å². The van der Waals surface area contributed by atoms with Crippen molar-refractivity contribution in [1.29, 1.82) is 0 Å². The summed E-state index contributed by atoms with van der Waals surface area (Å²) in [6.45, 7) is 14.0. The first-order valence-electron chi connectivity index (χ1n) is 10.5. The predicted molar refractivity (Wildman–Crippen MR) is 109 cm³/mol. The predicted octanol–water partition coefficient (Wildman–Crippen LogP) is 2.21. The van der Waals surface area contributed by atoms with Crippen molar-refractivity contribution < 1.29 is 23.9 Å².